The highest BCUT2D eigenvalue weighted by atomic mass is 35.5. The van der Waals surface area contributed by atoms with Gasteiger partial charge in [0.1, 0.15) is 0 Å². The molecular weight excluding hydrogens is 184 g/mol. The van der Waals surface area contributed by atoms with Gasteiger partial charge in [0.2, 0.25) is 5.76 Å². The van der Waals surface area contributed by atoms with Gasteiger partial charge in [0.15, 0.2) is 5.76 Å². The van der Waals surface area contributed by atoms with Crippen molar-refractivity contribution < 1.29 is 19.4 Å². The van der Waals surface area contributed by atoms with Crippen LogP contribution in [0.1, 0.15) is 0 Å². The summed E-state index contributed by atoms with van der Waals surface area (Å²) in [6, 6.07) is 0. The second kappa shape index (κ2) is 3.49. The predicted octanol–water partition coefficient (Wildman–Crippen LogP) is 1.08. The van der Waals surface area contributed by atoms with Gasteiger partial charge in [-0.3, -0.25) is 0 Å². The second-order valence-electron chi connectivity index (χ2n) is 1.99. The van der Waals surface area contributed by atoms with Crippen molar-refractivity contribution in [1.82, 2.24) is 0 Å². The molecule has 0 aromatic carbocycles. The maximum atomic E-state index is 10.9. The van der Waals surface area contributed by atoms with Gasteiger partial charge >= 0.3 is 5.97 Å². The van der Waals surface area contributed by atoms with Gasteiger partial charge in [-0.25, -0.2) is 4.79 Å². The van der Waals surface area contributed by atoms with E-state index in [4.69, 9.17) is 11.6 Å². The van der Waals surface area contributed by atoms with Gasteiger partial charge in [0.25, 0.3) is 5.76 Å². The van der Waals surface area contributed by atoms with Gasteiger partial charge < -0.3 is 14.6 Å². The largest absolute Gasteiger partial charge is 0.501 e. The fourth-order valence-corrected chi connectivity index (χ4v) is 0.932. The number of hydrogen-bond donors (Lipinski definition) is 1. The monoisotopic (exact) mass is 190 g/mol. The molecule has 0 fully saturated rings. The minimum absolute atomic E-state index is 0.0480. The molecule has 0 bridgehead atoms. The van der Waals surface area contributed by atoms with E-state index in [1.54, 1.807) is 0 Å². The highest BCUT2D eigenvalue weighted by molar-refractivity contribution is 6.19. The Hall–Kier alpha value is -1.16. The molecular formula is C7H7ClO4. The van der Waals surface area contributed by atoms with Gasteiger partial charge in [-0.2, -0.15) is 0 Å². The molecule has 0 aromatic rings. The van der Waals surface area contributed by atoms with Crippen LogP contribution in [0.3, 0.4) is 0 Å². The van der Waals surface area contributed by atoms with E-state index in [1.165, 1.54) is 13.2 Å². The fourth-order valence-electron chi connectivity index (χ4n) is 0.792. The second-order valence-corrected chi connectivity index (χ2v) is 2.30. The number of cyclic esters (lactones) is 1. The molecule has 0 spiro atoms. The molecule has 12 heavy (non-hydrogen) atoms. The standard InChI is InChI=1S/C7H7ClO4/c1-11-6-5(9)4(2-3-8)12-7(6)10/h2,9H,3H2,1H3/b4-2+. The van der Waals surface area contributed by atoms with E-state index >= 15 is 0 Å². The maximum absolute atomic E-state index is 10.9. The Kier molecular flexibility index (Phi) is 2.60. The van der Waals surface area contributed by atoms with E-state index in [2.05, 4.69) is 9.47 Å². The van der Waals surface area contributed by atoms with Crippen molar-refractivity contribution in [2.45, 2.75) is 0 Å². The fraction of sp³-hybridized carbons (Fsp3) is 0.286. The maximum Gasteiger partial charge on any atom is 0.383 e. The number of carbonyl (C=O) groups excluding carboxylic acids is 1. The Labute approximate surface area is 74.0 Å². The van der Waals surface area contributed by atoms with Crippen LogP contribution >= 0.6 is 11.6 Å². The molecule has 1 N–H and O–H groups in total. The number of aliphatic hydroxyl groups is 1. The zero-order valence-electron chi connectivity index (χ0n) is 6.33. The molecule has 1 aliphatic heterocycles. The molecule has 1 rings (SSSR count). The average molecular weight is 191 g/mol. The first kappa shape index (κ1) is 8.93. The van der Waals surface area contributed by atoms with Crippen LogP contribution in [0.5, 0.6) is 0 Å². The molecule has 0 amide bonds. The summed E-state index contributed by atoms with van der Waals surface area (Å²) in [4.78, 5) is 10.9. The number of alkyl halides is 1. The molecule has 0 saturated heterocycles. The lowest BCUT2D eigenvalue weighted by Gasteiger charge is -1.93. The van der Waals surface area contributed by atoms with E-state index in [0.717, 1.165) is 0 Å². The van der Waals surface area contributed by atoms with Crippen LogP contribution in [0.25, 0.3) is 0 Å². The number of rotatable bonds is 2. The Morgan fingerprint density at radius 3 is 2.83 bits per heavy atom. The Balaban J connectivity index is 2.96. The van der Waals surface area contributed by atoms with Crippen molar-refractivity contribution in [1.29, 1.82) is 0 Å². The van der Waals surface area contributed by atoms with Crippen molar-refractivity contribution in [2.24, 2.45) is 0 Å². The first-order valence-corrected chi connectivity index (χ1v) is 3.70. The van der Waals surface area contributed by atoms with Crippen LogP contribution in [-0.2, 0) is 14.3 Å². The summed E-state index contributed by atoms with van der Waals surface area (Å²) in [6.07, 6.45) is 1.38. The van der Waals surface area contributed by atoms with E-state index in [9.17, 15) is 9.90 Å². The summed E-state index contributed by atoms with van der Waals surface area (Å²) in [7, 11) is 1.27. The number of methoxy groups -OCH3 is 1. The number of esters is 1. The van der Waals surface area contributed by atoms with Gasteiger partial charge in [-0.15, -0.1) is 11.6 Å². The Morgan fingerprint density at radius 2 is 2.42 bits per heavy atom. The topological polar surface area (TPSA) is 55.8 Å². The summed E-state index contributed by atoms with van der Waals surface area (Å²) < 4.78 is 9.19. The van der Waals surface area contributed by atoms with Crippen molar-refractivity contribution >= 4 is 17.6 Å². The SMILES string of the molecule is COC1=C(O)/C(=C\CCl)OC1=O. The number of ether oxygens (including phenoxy) is 2. The van der Waals surface area contributed by atoms with E-state index in [0.29, 0.717) is 0 Å². The third kappa shape index (κ3) is 1.38. The normalized spacial score (nSPS) is 20.2. The van der Waals surface area contributed by atoms with Gasteiger partial charge in [-0.1, -0.05) is 0 Å². The van der Waals surface area contributed by atoms with Crippen LogP contribution in [0.2, 0.25) is 0 Å². The number of aliphatic hydroxyl groups excluding tert-OH is 1. The van der Waals surface area contributed by atoms with Crippen LogP contribution in [0.15, 0.2) is 23.4 Å². The number of hydrogen-bond acceptors (Lipinski definition) is 4. The van der Waals surface area contributed by atoms with E-state index in [1.807, 2.05) is 0 Å². The molecule has 0 aliphatic carbocycles. The molecule has 0 atom stereocenters. The van der Waals surface area contributed by atoms with E-state index < -0.39 is 5.97 Å². The number of allylic oxidation sites excluding steroid dienone is 1. The number of carbonyl (C=O) groups is 1. The van der Waals surface area contributed by atoms with Crippen LogP contribution in [0, 0.1) is 0 Å². The highest BCUT2D eigenvalue weighted by Gasteiger charge is 2.30. The highest BCUT2D eigenvalue weighted by Crippen LogP contribution is 2.23. The first-order valence-electron chi connectivity index (χ1n) is 3.16. The van der Waals surface area contributed by atoms with Crippen molar-refractivity contribution in [3.63, 3.8) is 0 Å². The average Bonchev–Trinajstić information content (AvgIpc) is 2.29. The molecule has 5 heteroatoms. The molecule has 66 valence electrons. The smallest absolute Gasteiger partial charge is 0.383 e. The van der Waals surface area contributed by atoms with Crippen molar-refractivity contribution in [3.8, 4) is 0 Å². The quantitative estimate of drug-likeness (QED) is 0.523. The van der Waals surface area contributed by atoms with Crippen molar-refractivity contribution in [3.05, 3.63) is 23.4 Å². The van der Waals surface area contributed by atoms with Gasteiger partial charge in [-0.05, 0) is 6.08 Å². The zero-order chi connectivity index (χ0) is 9.14. The lowest BCUT2D eigenvalue weighted by atomic mass is 10.4. The summed E-state index contributed by atoms with van der Waals surface area (Å²) in [5.74, 6) is -0.989. The van der Waals surface area contributed by atoms with Crippen LogP contribution in [-0.4, -0.2) is 24.1 Å². The molecule has 1 aliphatic rings. The zero-order valence-corrected chi connectivity index (χ0v) is 7.09. The van der Waals surface area contributed by atoms with Crippen molar-refractivity contribution in [2.75, 3.05) is 13.0 Å². The minimum atomic E-state index is -0.702. The third-order valence-electron chi connectivity index (χ3n) is 1.30. The molecule has 0 unspecified atom stereocenters. The summed E-state index contributed by atoms with van der Waals surface area (Å²) >= 11 is 5.34. The lowest BCUT2D eigenvalue weighted by Crippen LogP contribution is -2.00. The molecule has 0 radical (unpaired) electrons. The number of halogens is 1. The molecule has 4 nitrogen and oxygen atoms in total. The Bertz CT molecular complexity index is 267. The van der Waals surface area contributed by atoms with E-state index in [-0.39, 0.29) is 23.2 Å². The van der Waals surface area contributed by atoms with Crippen LogP contribution < -0.4 is 0 Å². The molecule has 0 aromatic heterocycles. The summed E-state index contributed by atoms with van der Waals surface area (Å²) in [5.41, 5.74) is 0. The van der Waals surface area contributed by atoms with Gasteiger partial charge in [0.05, 0.1) is 7.11 Å². The third-order valence-corrected chi connectivity index (χ3v) is 1.46. The Morgan fingerprint density at radius 1 is 1.75 bits per heavy atom. The predicted molar refractivity (Wildman–Crippen MR) is 41.6 cm³/mol. The summed E-state index contributed by atoms with van der Waals surface area (Å²) in [5, 5.41) is 9.23. The van der Waals surface area contributed by atoms with Gasteiger partial charge in [0, 0.05) is 5.88 Å². The first-order chi connectivity index (χ1) is 5.70. The lowest BCUT2D eigenvalue weighted by molar-refractivity contribution is -0.136. The molecule has 1 heterocycles. The summed E-state index contributed by atoms with van der Waals surface area (Å²) in [6.45, 7) is 0. The molecule has 0 saturated carbocycles. The minimum Gasteiger partial charge on any atom is -0.501 e. The van der Waals surface area contributed by atoms with Crippen LogP contribution in [0.4, 0.5) is 0 Å².